The summed E-state index contributed by atoms with van der Waals surface area (Å²) < 4.78 is 0. The van der Waals surface area contributed by atoms with Crippen LogP contribution in [0.25, 0.3) is 0 Å². The molecule has 0 aromatic heterocycles. The third-order valence-electron chi connectivity index (χ3n) is 7.01. The second-order valence-electron chi connectivity index (χ2n) is 9.58. The molecular formula is C28H38N4O2. The highest BCUT2D eigenvalue weighted by Crippen LogP contribution is 2.18. The van der Waals surface area contributed by atoms with Gasteiger partial charge in [-0.15, -0.1) is 0 Å². The van der Waals surface area contributed by atoms with Gasteiger partial charge in [-0.25, -0.2) is 0 Å². The van der Waals surface area contributed by atoms with Crippen LogP contribution in [-0.2, 0) is 22.6 Å². The topological polar surface area (TPSA) is 55.9 Å². The van der Waals surface area contributed by atoms with Gasteiger partial charge in [-0.2, -0.15) is 0 Å². The number of carbonyl (C=O) groups is 2. The van der Waals surface area contributed by atoms with Gasteiger partial charge >= 0.3 is 0 Å². The van der Waals surface area contributed by atoms with Gasteiger partial charge in [0.1, 0.15) is 0 Å². The first-order valence-electron chi connectivity index (χ1n) is 12.8. The van der Waals surface area contributed by atoms with E-state index in [2.05, 4.69) is 57.6 Å². The van der Waals surface area contributed by atoms with E-state index in [0.29, 0.717) is 26.1 Å². The number of amides is 2. The minimum absolute atomic E-state index is 0.0325. The molecule has 6 nitrogen and oxygen atoms in total. The molecule has 0 spiro atoms. The van der Waals surface area contributed by atoms with Crippen LogP contribution in [0.4, 0.5) is 0 Å². The molecule has 6 heteroatoms. The van der Waals surface area contributed by atoms with Crippen LogP contribution in [0.15, 0.2) is 60.7 Å². The first kappa shape index (κ1) is 24.4. The van der Waals surface area contributed by atoms with Gasteiger partial charge in [-0.05, 0) is 36.9 Å². The molecule has 2 aliphatic rings. The molecule has 0 radical (unpaired) electrons. The zero-order valence-corrected chi connectivity index (χ0v) is 20.2. The lowest BCUT2D eigenvalue weighted by atomic mass is 10.1. The average Bonchev–Trinajstić information content (AvgIpc) is 3.25. The Kier molecular flexibility index (Phi) is 9.11. The van der Waals surface area contributed by atoms with Gasteiger partial charge in [-0.1, -0.05) is 60.7 Å². The van der Waals surface area contributed by atoms with E-state index in [-0.39, 0.29) is 17.7 Å². The maximum Gasteiger partial charge on any atom is 0.225 e. The molecule has 182 valence electrons. The Balaban J connectivity index is 1.05. The SMILES string of the molecule is O=C(NCCCCN1CCN(Cc2ccccc2)CC1)C1CC(=O)N(CCc2ccccc2)C1. The quantitative estimate of drug-likeness (QED) is 0.522. The van der Waals surface area contributed by atoms with E-state index in [1.165, 1.54) is 11.1 Å². The van der Waals surface area contributed by atoms with E-state index in [1.807, 2.05) is 23.1 Å². The van der Waals surface area contributed by atoms with Crippen molar-refractivity contribution in [3.8, 4) is 0 Å². The Bertz CT molecular complexity index is 897. The van der Waals surface area contributed by atoms with E-state index in [1.54, 1.807) is 0 Å². The summed E-state index contributed by atoms with van der Waals surface area (Å²) in [6, 6.07) is 20.9. The number of nitrogens with zero attached hydrogens (tertiary/aromatic N) is 3. The molecule has 0 saturated carbocycles. The molecule has 1 atom stereocenters. The van der Waals surface area contributed by atoms with Crippen LogP contribution in [-0.4, -0.2) is 78.9 Å². The number of piperazine rings is 1. The third-order valence-corrected chi connectivity index (χ3v) is 7.01. The second-order valence-corrected chi connectivity index (χ2v) is 9.58. The van der Waals surface area contributed by atoms with Crippen LogP contribution in [0.2, 0.25) is 0 Å². The largest absolute Gasteiger partial charge is 0.356 e. The minimum Gasteiger partial charge on any atom is -0.356 e. The van der Waals surface area contributed by atoms with Crippen molar-refractivity contribution in [2.24, 2.45) is 5.92 Å². The average molecular weight is 463 g/mol. The molecule has 0 bridgehead atoms. The zero-order chi connectivity index (χ0) is 23.6. The number of carbonyl (C=O) groups excluding carboxylic acids is 2. The van der Waals surface area contributed by atoms with Gasteiger partial charge in [0, 0.05) is 58.8 Å². The Labute approximate surface area is 203 Å². The van der Waals surface area contributed by atoms with Gasteiger partial charge in [0.2, 0.25) is 11.8 Å². The molecule has 2 heterocycles. The van der Waals surface area contributed by atoms with Crippen molar-refractivity contribution in [2.45, 2.75) is 32.2 Å². The normalized spacial score (nSPS) is 19.5. The minimum atomic E-state index is -0.207. The van der Waals surface area contributed by atoms with Gasteiger partial charge < -0.3 is 15.1 Å². The maximum absolute atomic E-state index is 12.6. The molecule has 2 saturated heterocycles. The molecule has 1 unspecified atom stereocenters. The number of hydrogen-bond donors (Lipinski definition) is 1. The molecule has 2 fully saturated rings. The number of benzene rings is 2. The predicted molar refractivity (Wildman–Crippen MR) is 135 cm³/mol. The Hall–Kier alpha value is -2.70. The highest BCUT2D eigenvalue weighted by molar-refractivity contribution is 5.89. The van der Waals surface area contributed by atoms with Crippen LogP contribution in [0.1, 0.15) is 30.4 Å². The van der Waals surface area contributed by atoms with Gasteiger partial charge in [0.25, 0.3) is 0 Å². The van der Waals surface area contributed by atoms with Crippen LogP contribution in [0.5, 0.6) is 0 Å². The number of likely N-dealkylation sites (tertiary alicyclic amines) is 1. The monoisotopic (exact) mass is 462 g/mol. The first-order chi connectivity index (χ1) is 16.7. The van der Waals surface area contributed by atoms with Crippen LogP contribution >= 0.6 is 0 Å². The lowest BCUT2D eigenvalue weighted by Gasteiger charge is -2.34. The van der Waals surface area contributed by atoms with E-state index < -0.39 is 0 Å². The maximum atomic E-state index is 12.6. The van der Waals surface area contributed by atoms with Crippen LogP contribution in [0.3, 0.4) is 0 Å². The van der Waals surface area contributed by atoms with E-state index in [4.69, 9.17) is 0 Å². The predicted octanol–water partition coefficient (Wildman–Crippen LogP) is 2.79. The molecular weight excluding hydrogens is 424 g/mol. The molecule has 34 heavy (non-hydrogen) atoms. The number of nitrogens with one attached hydrogen (secondary N) is 1. The summed E-state index contributed by atoms with van der Waals surface area (Å²) in [7, 11) is 0. The molecule has 2 aliphatic heterocycles. The summed E-state index contributed by atoms with van der Waals surface area (Å²) in [4.78, 5) is 31.8. The molecule has 1 N–H and O–H groups in total. The van der Waals surface area contributed by atoms with Crippen molar-refractivity contribution in [1.82, 2.24) is 20.0 Å². The van der Waals surface area contributed by atoms with E-state index in [9.17, 15) is 9.59 Å². The van der Waals surface area contributed by atoms with Crippen molar-refractivity contribution >= 4 is 11.8 Å². The highest BCUT2D eigenvalue weighted by atomic mass is 16.2. The summed E-state index contributed by atoms with van der Waals surface area (Å²) in [5.74, 6) is -0.0754. The molecule has 2 aromatic rings. The summed E-state index contributed by atoms with van der Waals surface area (Å²) in [6.45, 7) is 8.50. The molecule has 4 rings (SSSR count). The summed E-state index contributed by atoms with van der Waals surface area (Å²) >= 11 is 0. The lowest BCUT2D eigenvalue weighted by molar-refractivity contribution is -0.129. The Morgan fingerprint density at radius 2 is 1.47 bits per heavy atom. The first-order valence-corrected chi connectivity index (χ1v) is 12.8. The fraction of sp³-hybridized carbons (Fsp3) is 0.500. The smallest absolute Gasteiger partial charge is 0.225 e. The second kappa shape index (κ2) is 12.7. The summed E-state index contributed by atoms with van der Waals surface area (Å²) in [5.41, 5.74) is 2.61. The summed E-state index contributed by atoms with van der Waals surface area (Å²) in [6.07, 6.45) is 3.25. The fourth-order valence-electron chi connectivity index (χ4n) is 4.90. The van der Waals surface area contributed by atoms with E-state index >= 15 is 0 Å². The van der Waals surface area contributed by atoms with Crippen LogP contribution < -0.4 is 5.32 Å². The molecule has 2 amide bonds. The standard InChI is InChI=1S/C28H38N4O2/c33-27-21-26(23-32(27)16-13-24-9-3-1-4-10-24)28(34)29-14-7-8-15-30-17-19-31(20-18-30)22-25-11-5-2-6-12-25/h1-6,9-12,26H,7-8,13-23H2,(H,29,34). The highest BCUT2D eigenvalue weighted by Gasteiger charge is 2.33. The number of hydrogen-bond acceptors (Lipinski definition) is 4. The van der Waals surface area contributed by atoms with Crippen molar-refractivity contribution in [3.63, 3.8) is 0 Å². The lowest BCUT2D eigenvalue weighted by Crippen LogP contribution is -2.46. The third kappa shape index (κ3) is 7.40. The van der Waals surface area contributed by atoms with Crippen molar-refractivity contribution in [3.05, 3.63) is 71.8 Å². The zero-order valence-electron chi connectivity index (χ0n) is 20.2. The fourth-order valence-corrected chi connectivity index (χ4v) is 4.90. The Morgan fingerprint density at radius 1 is 0.824 bits per heavy atom. The Morgan fingerprint density at radius 3 is 2.18 bits per heavy atom. The summed E-state index contributed by atoms with van der Waals surface area (Å²) in [5, 5.41) is 3.07. The van der Waals surface area contributed by atoms with Crippen LogP contribution in [0, 0.1) is 5.92 Å². The van der Waals surface area contributed by atoms with Crippen molar-refractivity contribution < 1.29 is 9.59 Å². The number of unbranched alkanes of at least 4 members (excludes halogenated alkanes) is 1. The number of rotatable bonds is 11. The van der Waals surface area contributed by atoms with Gasteiger partial charge in [0.05, 0.1) is 5.92 Å². The van der Waals surface area contributed by atoms with E-state index in [0.717, 1.165) is 58.5 Å². The van der Waals surface area contributed by atoms with Crippen molar-refractivity contribution in [1.29, 1.82) is 0 Å². The molecule has 2 aromatic carbocycles. The molecule has 0 aliphatic carbocycles. The van der Waals surface area contributed by atoms with Gasteiger partial charge in [0.15, 0.2) is 0 Å². The van der Waals surface area contributed by atoms with Gasteiger partial charge in [-0.3, -0.25) is 14.5 Å². The van der Waals surface area contributed by atoms with Crippen molar-refractivity contribution in [2.75, 3.05) is 52.4 Å².